The zero-order valence-corrected chi connectivity index (χ0v) is 11.8. The molecule has 0 bridgehead atoms. The van der Waals surface area contributed by atoms with Gasteiger partial charge in [-0.05, 0) is 43.4 Å². The summed E-state index contributed by atoms with van der Waals surface area (Å²) in [7, 11) is 0. The molecule has 19 heavy (non-hydrogen) atoms. The van der Waals surface area contributed by atoms with Crippen LogP contribution < -0.4 is 4.90 Å². The lowest BCUT2D eigenvalue weighted by atomic mass is 9.55. The lowest BCUT2D eigenvalue weighted by Gasteiger charge is -2.54. The summed E-state index contributed by atoms with van der Waals surface area (Å²) >= 11 is 5.81. The van der Waals surface area contributed by atoms with Crippen LogP contribution in [0.2, 0.25) is 5.02 Å². The Morgan fingerprint density at radius 1 is 1.26 bits per heavy atom. The first kappa shape index (κ1) is 13.1. The van der Waals surface area contributed by atoms with Gasteiger partial charge in [0.1, 0.15) is 0 Å². The van der Waals surface area contributed by atoms with Crippen molar-refractivity contribution in [3.8, 4) is 0 Å². The molecule has 1 saturated carbocycles. The molecule has 1 aliphatic carbocycles. The number of halogens is 1. The van der Waals surface area contributed by atoms with Crippen LogP contribution in [0, 0.1) is 11.3 Å². The quantitative estimate of drug-likeness (QED) is 0.925. The Morgan fingerprint density at radius 2 is 1.95 bits per heavy atom. The summed E-state index contributed by atoms with van der Waals surface area (Å²) in [5.41, 5.74) is 0.492. The van der Waals surface area contributed by atoms with Gasteiger partial charge in [0.15, 0.2) is 0 Å². The molecule has 3 rings (SSSR count). The van der Waals surface area contributed by atoms with Crippen molar-refractivity contribution in [3.05, 3.63) is 17.4 Å². The van der Waals surface area contributed by atoms with Gasteiger partial charge in [-0.25, -0.2) is 9.97 Å². The number of anilines is 1. The molecule has 1 spiro atoms. The Balaban J connectivity index is 1.62. The second kappa shape index (κ2) is 5.25. The van der Waals surface area contributed by atoms with Crippen molar-refractivity contribution in [1.29, 1.82) is 0 Å². The zero-order chi connectivity index (χ0) is 13.3. The van der Waals surface area contributed by atoms with Crippen LogP contribution >= 0.6 is 11.6 Å². The average molecular weight is 282 g/mol. The molecule has 4 nitrogen and oxygen atoms in total. The first-order valence-electron chi connectivity index (χ1n) is 7.07. The normalized spacial score (nSPS) is 25.4. The largest absolute Gasteiger partial charge is 0.396 e. The molecule has 0 aromatic carbocycles. The van der Waals surface area contributed by atoms with Gasteiger partial charge in [-0.15, -0.1) is 0 Å². The summed E-state index contributed by atoms with van der Waals surface area (Å²) in [5.74, 6) is 1.52. The molecule has 0 unspecified atom stereocenters. The van der Waals surface area contributed by atoms with E-state index in [0.717, 1.165) is 31.4 Å². The number of nitrogens with zero attached hydrogens (tertiary/aromatic N) is 3. The van der Waals surface area contributed by atoms with Crippen LogP contribution in [0.5, 0.6) is 0 Å². The van der Waals surface area contributed by atoms with Gasteiger partial charge in [-0.1, -0.05) is 11.6 Å². The summed E-state index contributed by atoms with van der Waals surface area (Å²) in [6.07, 6.45) is 9.30. The topological polar surface area (TPSA) is 49.2 Å². The molecule has 2 fully saturated rings. The third kappa shape index (κ3) is 2.43. The maximum Gasteiger partial charge on any atom is 0.225 e. The Kier molecular flexibility index (Phi) is 3.63. The van der Waals surface area contributed by atoms with E-state index >= 15 is 0 Å². The van der Waals surface area contributed by atoms with E-state index in [1.807, 2.05) is 0 Å². The molecule has 2 aliphatic rings. The molecule has 0 amide bonds. The summed E-state index contributed by atoms with van der Waals surface area (Å²) < 4.78 is 0. The van der Waals surface area contributed by atoms with Gasteiger partial charge in [0.05, 0.1) is 17.4 Å². The van der Waals surface area contributed by atoms with E-state index in [1.165, 1.54) is 25.7 Å². The summed E-state index contributed by atoms with van der Waals surface area (Å²) in [5, 5.41) is 9.71. The Bertz CT molecular complexity index is 429. The van der Waals surface area contributed by atoms with Crippen molar-refractivity contribution >= 4 is 17.5 Å². The molecule has 2 heterocycles. The van der Waals surface area contributed by atoms with Crippen LogP contribution in [0.4, 0.5) is 5.95 Å². The minimum atomic E-state index is 0.330. The number of aliphatic hydroxyl groups excluding tert-OH is 1. The summed E-state index contributed by atoms with van der Waals surface area (Å²) in [6, 6.07) is 0. The van der Waals surface area contributed by atoms with Crippen molar-refractivity contribution in [2.45, 2.75) is 32.1 Å². The first-order chi connectivity index (χ1) is 9.23. The molecule has 1 aliphatic heterocycles. The lowest BCUT2D eigenvalue weighted by molar-refractivity contribution is -0.0113. The minimum absolute atomic E-state index is 0.330. The Labute approximate surface area is 118 Å². The van der Waals surface area contributed by atoms with Crippen molar-refractivity contribution in [2.24, 2.45) is 11.3 Å². The molecule has 0 radical (unpaired) electrons. The highest BCUT2D eigenvalue weighted by atomic mass is 35.5. The molecule has 1 N–H and O–H groups in total. The van der Waals surface area contributed by atoms with Crippen LogP contribution in [-0.2, 0) is 0 Å². The van der Waals surface area contributed by atoms with Crippen molar-refractivity contribution < 1.29 is 5.11 Å². The smallest absolute Gasteiger partial charge is 0.225 e. The fourth-order valence-electron chi connectivity index (χ4n) is 3.64. The standard InChI is InChI=1S/C14H20ClN3O/c15-12-9-16-13(17-10-12)18-6-4-14(5-7-18)3-1-11(14)2-8-19/h9-11,19H,1-8H2/t11-/m0/s1. The predicted molar refractivity (Wildman–Crippen MR) is 75.3 cm³/mol. The van der Waals surface area contributed by atoms with Crippen molar-refractivity contribution in [3.63, 3.8) is 0 Å². The van der Waals surface area contributed by atoms with E-state index in [-0.39, 0.29) is 0 Å². The molecule has 1 saturated heterocycles. The highest BCUT2D eigenvalue weighted by molar-refractivity contribution is 6.30. The van der Waals surface area contributed by atoms with E-state index in [4.69, 9.17) is 16.7 Å². The molecule has 1 aromatic heterocycles. The van der Waals surface area contributed by atoms with Crippen LogP contribution in [-0.4, -0.2) is 34.8 Å². The third-order valence-corrected chi connectivity index (χ3v) is 5.18. The van der Waals surface area contributed by atoms with Crippen molar-refractivity contribution in [1.82, 2.24) is 9.97 Å². The maximum atomic E-state index is 9.13. The van der Waals surface area contributed by atoms with Crippen LogP contribution in [0.1, 0.15) is 32.1 Å². The predicted octanol–water partition coefficient (Wildman–Crippen LogP) is 2.51. The zero-order valence-electron chi connectivity index (χ0n) is 11.1. The number of hydrogen-bond donors (Lipinski definition) is 1. The molecular formula is C14H20ClN3O. The van der Waals surface area contributed by atoms with Crippen molar-refractivity contribution in [2.75, 3.05) is 24.6 Å². The molecule has 5 heteroatoms. The molecule has 104 valence electrons. The van der Waals surface area contributed by atoms with Gasteiger partial charge < -0.3 is 10.0 Å². The highest BCUT2D eigenvalue weighted by Crippen LogP contribution is 2.55. The first-order valence-corrected chi connectivity index (χ1v) is 7.45. The number of aliphatic hydroxyl groups is 1. The fourth-order valence-corrected chi connectivity index (χ4v) is 3.74. The molecule has 1 atom stereocenters. The monoisotopic (exact) mass is 281 g/mol. The van der Waals surface area contributed by atoms with Gasteiger partial charge in [0.25, 0.3) is 0 Å². The number of hydrogen-bond acceptors (Lipinski definition) is 4. The van der Waals surface area contributed by atoms with Gasteiger partial charge in [-0.3, -0.25) is 0 Å². The minimum Gasteiger partial charge on any atom is -0.396 e. The SMILES string of the molecule is OCC[C@@H]1CCC12CCN(c1ncc(Cl)cn1)CC2. The number of piperidine rings is 1. The van der Waals surface area contributed by atoms with Crippen LogP contribution in [0.25, 0.3) is 0 Å². The second-order valence-electron chi connectivity index (χ2n) is 5.80. The fraction of sp³-hybridized carbons (Fsp3) is 0.714. The average Bonchev–Trinajstić information content (AvgIpc) is 2.45. The lowest BCUT2D eigenvalue weighted by Crippen LogP contribution is -2.49. The third-order valence-electron chi connectivity index (χ3n) is 4.98. The van der Waals surface area contributed by atoms with E-state index < -0.39 is 0 Å². The van der Waals surface area contributed by atoms with Crippen LogP contribution in [0.15, 0.2) is 12.4 Å². The van der Waals surface area contributed by atoms with Gasteiger partial charge in [-0.2, -0.15) is 0 Å². The van der Waals surface area contributed by atoms with Crippen LogP contribution in [0.3, 0.4) is 0 Å². The number of rotatable bonds is 3. The van der Waals surface area contributed by atoms with E-state index in [0.29, 0.717) is 17.0 Å². The van der Waals surface area contributed by atoms with E-state index in [2.05, 4.69) is 14.9 Å². The molecule has 1 aromatic rings. The van der Waals surface area contributed by atoms with Gasteiger partial charge in [0, 0.05) is 19.7 Å². The van der Waals surface area contributed by atoms with Gasteiger partial charge >= 0.3 is 0 Å². The number of aromatic nitrogens is 2. The Morgan fingerprint density at radius 3 is 2.47 bits per heavy atom. The maximum absolute atomic E-state index is 9.13. The Hall–Kier alpha value is -0.870. The van der Waals surface area contributed by atoms with Gasteiger partial charge in [0.2, 0.25) is 5.95 Å². The summed E-state index contributed by atoms with van der Waals surface area (Å²) in [4.78, 5) is 10.8. The van der Waals surface area contributed by atoms with E-state index in [9.17, 15) is 0 Å². The molecular weight excluding hydrogens is 262 g/mol. The highest BCUT2D eigenvalue weighted by Gasteiger charge is 2.47. The second-order valence-corrected chi connectivity index (χ2v) is 6.24. The summed E-state index contributed by atoms with van der Waals surface area (Å²) in [6.45, 7) is 2.36. The van der Waals surface area contributed by atoms with E-state index in [1.54, 1.807) is 12.4 Å².